The Morgan fingerprint density at radius 1 is 1.36 bits per heavy atom. The average molecular weight is 359 g/mol. The van der Waals surface area contributed by atoms with Crippen LogP contribution in [0.4, 0.5) is 8.78 Å². The second-order valence-corrected chi connectivity index (χ2v) is 5.26. The minimum absolute atomic E-state index is 0.00806. The van der Waals surface area contributed by atoms with Crippen LogP contribution in [-0.4, -0.2) is 51.5 Å². The molecular formula is C16H19F2NO6. The first kappa shape index (κ1) is 18.9. The maximum absolute atomic E-state index is 12.3. The zero-order valence-corrected chi connectivity index (χ0v) is 13.6. The van der Waals surface area contributed by atoms with Gasteiger partial charge in [-0.05, 0) is 31.0 Å². The highest BCUT2D eigenvalue weighted by Crippen LogP contribution is 2.29. The van der Waals surface area contributed by atoms with E-state index in [9.17, 15) is 18.4 Å². The molecule has 1 aliphatic rings. The highest BCUT2D eigenvalue weighted by atomic mass is 19.3. The van der Waals surface area contributed by atoms with Crippen LogP contribution in [-0.2, 0) is 14.3 Å². The number of halogens is 2. The first-order valence-corrected chi connectivity index (χ1v) is 7.68. The quantitative estimate of drug-likeness (QED) is 0.712. The second kappa shape index (κ2) is 9.16. The van der Waals surface area contributed by atoms with Gasteiger partial charge in [-0.25, -0.2) is 4.79 Å². The van der Waals surface area contributed by atoms with Crippen molar-refractivity contribution in [3.8, 4) is 11.5 Å². The normalized spacial score (nSPS) is 16.6. The molecule has 1 aliphatic heterocycles. The van der Waals surface area contributed by atoms with E-state index in [0.29, 0.717) is 13.2 Å². The number of nitrogens with one attached hydrogen (secondary N) is 1. The second-order valence-electron chi connectivity index (χ2n) is 5.26. The SMILES string of the molecule is COc1cc(C(=O)OCC(=O)NC[C@H]2CCCO2)ccc1OC(F)F. The number of amides is 1. The van der Waals surface area contributed by atoms with Crippen LogP contribution < -0.4 is 14.8 Å². The third-order valence-corrected chi connectivity index (χ3v) is 3.50. The summed E-state index contributed by atoms with van der Waals surface area (Å²) in [5, 5.41) is 2.62. The van der Waals surface area contributed by atoms with Crippen molar-refractivity contribution in [2.75, 3.05) is 26.9 Å². The highest BCUT2D eigenvalue weighted by Gasteiger charge is 2.18. The first-order valence-electron chi connectivity index (χ1n) is 7.68. The molecule has 1 N–H and O–H groups in total. The summed E-state index contributed by atoms with van der Waals surface area (Å²) in [7, 11) is 1.25. The molecule has 1 atom stereocenters. The van der Waals surface area contributed by atoms with Gasteiger partial charge in [0.1, 0.15) is 0 Å². The Morgan fingerprint density at radius 3 is 2.80 bits per heavy atom. The van der Waals surface area contributed by atoms with Crippen molar-refractivity contribution in [2.45, 2.75) is 25.6 Å². The van der Waals surface area contributed by atoms with Gasteiger partial charge < -0.3 is 24.3 Å². The molecule has 0 radical (unpaired) electrons. The Bertz CT molecular complexity index is 604. The Kier molecular flexibility index (Phi) is 6.93. The van der Waals surface area contributed by atoms with Crippen molar-refractivity contribution >= 4 is 11.9 Å². The molecule has 1 heterocycles. The molecule has 1 fully saturated rings. The predicted molar refractivity (Wildman–Crippen MR) is 81.9 cm³/mol. The number of ether oxygens (including phenoxy) is 4. The molecule has 25 heavy (non-hydrogen) atoms. The fourth-order valence-corrected chi connectivity index (χ4v) is 2.29. The minimum Gasteiger partial charge on any atom is -0.493 e. The summed E-state index contributed by atoms with van der Waals surface area (Å²) in [6.45, 7) is -2.42. The topological polar surface area (TPSA) is 83.1 Å². The van der Waals surface area contributed by atoms with Crippen LogP contribution in [0.15, 0.2) is 18.2 Å². The summed E-state index contributed by atoms with van der Waals surface area (Å²) in [5.74, 6) is -1.48. The van der Waals surface area contributed by atoms with Crippen molar-refractivity contribution in [3.05, 3.63) is 23.8 Å². The lowest BCUT2D eigenvalue weighted by Crippen LogP contribution is -2.34. The van der Waals surface area contributed by atoms with Gasteiger partial charge in [0.15, 0.2) is 18.1 Å². The fraction of sp³-hybridized carbons (Fsp3) is 0.500. The Hall–Kier alpha value is -2.42. The number of hydrogen-bond donors (Lipinski definition) is 1. The van der Waals surface area contributed by atoms with Gasteiger partial charge in [-0.15, -0.1) is 0 Å². The lowest BCUT2D eigenvalue weighted by Gasteiger charge is -2.12. The third kappa shape index (κ3) is 5.86. The zero-order chi connectivity index (χ0) is 18.2. The number of hydrogen-bond acceptors (Lipinski definition) is 6. The van der Waals surface area contributed by atoms with E-state index in [1.54, 1.807) is 0 Å². The maximum Gasteiger partial charge on any atom is 0.387 e. The number of benzene rings is 1. The molecule has 1 aromatic carbocycles. The van der Waals surface area contributed by atoms with E-state index in [-0.39, 0.29) is 23.2 Å². The zero-order valence-electron chi connectivity index (χ0n) is 13.6. The summed E-state index contributed by atoms with van der Waals surface area (Å²) in [6.07, 6.45) is 1.83. The molecule has 0 spiro atoms. The predicted octanol–water partition coefficient (Wildman–Crippen LogP) is 1.75. The summed E-state index contributed by atoms with van der Waals surface area (Å²) in [4.78, 5) is 23.6. The molecule has 2 rings (SSSR count). The summed E-state index contributed by atoms with van der Waals surface area (Å²) in [5.41, 5.74) is 0.0467. The van der Waals surface area contributed by atoms with Gasteiger partial charge in [-0.2, -0.15) is 8.78 Å². The minimum atomic E-state index is -3.01. The van der Waals surface area contributed by atoms with E-state index in [2.05, 4.69) is 10.1 Å². The van der Waals surface area contributed by atoms with Crippen molar-refractivity contribution in [1.82, 2.24) is 5.32 Å². The molecule has 0 bridgehead atoms. The van der Waals surface area contributed by atoms with E-state index in [0.717, 1.165) is 12.8 Å². The summed E-state index contributed by atoms with van der Waals surface area (Å²) >= 11 is 0. The smallest absolute Gasteiger partial charge is 0.387 e. The Balaban J connectivity index is 1.84. The van der Waals surface area contributed by atoms with Gasteiger partial charge in [0.2, 0.25) is 0 Å². The van der Waals surface area contributed by atoms with E-state index < -0.39 is 25.1 Å². The molecular weight excluding hydrogens is 340 g/mol. The number of carbonyl (C=O) groups is 2. The lowest BCUT2D eigenvalue weighted by atomic mass is 10.2. The summed E-state index contributed by atoms with van der Waals surface area (Å²) < 4.78 is 43.9. The molecule has 138 valence electrons. The summed E-state index contributed by atoms with van der Waals surface area (Å²) in [6, 6.07) is 3.61. The van der Waals surface area contributed by atoms with Crippen LogP contribution in [0, 0.1) is 0 Å². The number of carbonyl (C=O) groups excluding carboxylic acids is 2. The Labute approximate surface area is 143 Å². The Morgan fingerprint density at radius 2 is 2.16 bits per heavy atom. The van der Waals surface area contributed by atoms with Crippen molar-refractivity contribution in [1.29, 1.82) is 0 Å². The number of esters is 1. The largest absolute Gasteiger partial charge is 0.493 e. The van der Waals surface area contributed by atoms with E-state index in [4.69, 9.17) is 14.2 Å². The third-order valence-electron chi connectivity index (χ3n) is 3.50. The molecule has 1 aromatic rings. The van der Waals surface area contributed by atoms with Crippen LogP contribution in [0.25, 0.3) is 0 Å². The van der Waals surface area contributed by atoms with Crippen LogP contribution in [0.5, 0.6) is 11.5 Å². The van der Waals surface area contributed by atoms with Gasteiger partial charge in [0.25, 0.3) is 5.91 Å². The number of rotatable bonds is 8. The van der Waals surface area contributed by atoms with Crippen LogP contribution in [0.2, 0.25) is 0 Å². The maximum atomic E-state index is 12.3. The molecule has 9 heteroatoms. The van der Waals surface area contributed by atoms with Crippen LogP contribution in [0.1, 0.15) is 23.2 Å². The van der Waals surface area contributed by atoms with Gasteiger partial charge in [-0.1, -0.05) is 0 Å². The fourth-order valence-electron chi connectivity index (χ4n) is 2.29. The average Bonchev–Trinajstić information content (AvgIpc) is 3.11. The van der Waals surface area contributed by atoms with E-state index in [1.807, 2.05) is 0 Å². The standard InChI is InChI=1S/C16H19F2NO6/c1-22-13-7-10(4-5-12(13)25-16(17)18)15(21)24-9-14(20)19-8-11-3-2-6-23-11/h4-5,7,11,16H,2-3,6,8-9H2,1H3,(H,19,20)/t11-/m1/s1. The van der Waals surface area contributed by atoms with Gasteiger partial charge >= 0.3 is 12.6 Å². The monoisotopic (exact) mass is 359 g/mol. The van der Waals surface area contributed by atoms with Crippen LogP contribution in [0.3, 0.4) is 0 Å². The molecule has 7 nitrogen and oxygen atoms in total. The molecule has 0 unspecified atom stereocenters. The van der Waals surface area contributed by atoms with Crippen molar-refractivity contribution in [3.63, 3.8) is 0 Å². The molecule has 0 saturated carbocycles. The lowest BCUT2D eigenvalue weighted by molar-refractivity contribution is -0.124. The van der Waals surface area contributed by atoms with E-state index in [1.165, 1.54) is 25.3 Å². The number of methoxy groups -OCH3 is 1. The molecule has 1 saturated heterocycles. The van der Waals surface area contributed by atoms with E-state index >= 15 is 0 Å². The molecule has 0 aromatic heterocycles. The van der Waals surface area contributed by atoms with Crippen LogP contribution >= 0.6 is 0 Å². The first-order chi connectivity index (χ1) is 12.0. The molecule has 1 amide bonds. The van der Waals surface area contributed by atoms with Gasteiger partial charge in [0, 0.05) is 13.2 Å². The molecule has 0 aliphatic carbocycles. The van der Waals surface area contributed by atoms with Crippen molar-refractivity contribution in [2.24, 2.45) is 0 Å². The van der Waals surface area contributed by atoms with Gasteiger partial charge in [-0.3, -0.25) is 4.79 Å². The van der Waals surface area contributed by atoms with Gasteiger partial charge in [0.05, 0.1) is 18.8 Å². The van der Waals surface area contributed by atoms with Crippen molar-refractivity contribution < 1.29 is 37.3 Å². The highest BCUT2D eigenvalue weighted by molar-refractivity contribution is 5.92. The number of alkyl halides is 2.